The van der Waals surface area contributed by atoms with Crippen molar-refractivity contribution in [1.82, 2.24) is 5.48 Å². The maximum atomic E-state index is 10.8. The van der Waals surface area contributed by atoms with Crippen LogP contribution in [0.4, 0.5) is 0 Å². The molecule has 0 saturated heterocycles. The molecule has 4 nitrogen and oxygen atoms in total. The molecule has 0 radical (unpaired) electrons. The number of carbonyl (C=O) groups is 1. The quantitative estimate of drug-likeness (QED) is 0.335. The summed E-state index contributed by atoms with van der Waals surface area (Å²) in [6, 6.07) is 0. The molecule has 0 amide bonds. The molecule has 0 unspecified atom stereocenters. The van der Waals surface area contributed by atoms with Gasteiger partial charge in [0.15, 0.2) is 0 Å². The maximum absolute atomic E-state index is 10.8. The molecule has 3 N–H and O–H groups in total. The summed E-state index contributed by atoms with van der Waals surface area (Å²) in [4.78, 5) is 15.4. The topological polar surface area (TPSA) is 64.4 Å². The molecule has 0 rings (SSSR count). The second-order valence-electron chi connectivity index (χ2n) is 2.09. The van der Waals surface area contributed by atoms with E-state index in [0.29, 0.717) is 6.54 Å². The first kappa shape index (κ1) is 10.1. The molecule has 0 aliphatic rings. The van der Waals surface area contributed by atoms with E-state index in [0.717, 1.165) is 6.42 Å². The second-order valence-corrected chi connectivity index (χ2v) is 2.09. The van der Waals surface area contributed by atoms with E-state index >= 15 is 0 Å². The molecular formula is C7H14N2O2. The van der Waals surface area contributed by atoms with Crippen molar-refractivity contribution < 1.29 is 9.63 Å². The highest BCUT2D eigenvalue weighted by Crippen LogP contribution is 1.88. The monoisotopic (exact) mass is 158 g/mol. The van der Waals surface area contributed by atoms with Gasteiger partial charge in [0, 0.05) is 18.7 Å². The Morgan fingerprint density at radius 3 is 2.82 bits per heavy atom. The Bertz CT molecular complexity index is 145. The molecule has 0 fully saturated rings. The average Bonchev–Trinajstić information content (AvgIpc) is 2.03. The highest BCUT2D eigenvalue weighted by atomic mass is 16.7. The van der Waals surface area contributed by atoms with Crippen molar-refractivity contribution in [2.24, 2.45) is 5.73 Å². The van der Waals surface area contributed by atoms with E-state index in [2.05, 4.69) is 16.9 Å². The number of carbonyl (C=O) groups excluding carboxylic acids is 1. The van der Waals surface area contributed by atoms with Gasteiger partial charge in [-0.1, -0.05) is 13.5 Å². The Morgan fingerprint density at radius 1 is 1.73 bits per heavy atom. The van der Waals surface area contributed by atoms with Gasteiger partial charge in [-0.2, -0.15) is 5.48 Å². The summed E-state index contributed by atoms with van der Waals surface area (Å²) in [5.41, 5.74) is 7.91. The van der Waals surface area contributed by atoms with Crippen LogP contribution in [0.1, 0.15) is 13.3 Å². The Labute approximate surface area is 66.4 Å². The third kappa shape index (κ3) is 4.52. The van der Waals surface area contributed by atoms with E-state index in [1.807, 2.05) is 6.92 Å². The van der Waals surface area contributed by atoms with Crippen LogP contribution in [-0.2, 0) is 9.63 Å². The van der Waals surface area contributed by atoms with Crippen LogP contribution < -0.4 is 11.2 Å². The Kier molecular flexibility index (Phi) is 5.42. The summed E-state index contributed by atoms with van der Waals surface area (Å²) >= 11 is 0. The highest BCUT2D eigenvalue weighted by molar-refractivity contribution is 5.87. The second kappa shape index (κ2) is 5.88. The molecule has 0 saturated carbocycles. The first-order valence-corrected chi connectivity index (χ1v) is 3.54. The lowest BCUT2D eigenvalue weighted by Gasteiger charge is -2.03. The molecule has 0 aliphatic carbocycles. The smallest absolute Gasteiger partial charge is 0.353 e. The fourth-order valence-electron chi connectivity index (χ4n) is 0.374. The van der Waals surface area contributed by atoms with Gasteiger partial charge in [0.1, 0.15) is 0 Å². The third-order valence-corrected chi connectivity index (χ3v) is 1.05. The van der Waals surface area contributed by atoms with Crippen LogP contribution in [0.2, 0.25) is 0 Å². The summed E-state index contributed by atoms with van der Waals surface area (Å²) in [7, 11) is 0. The van der Waals surface area contributed by atoms with Crippen molar-refractivity contribution >= 4 is 5.97 Å². The normalized spacial score (nSPS) is 9.27. The van der Waals surface area contributed by atoms with Crippen molar-refractivity contribution in [3.8, 4) is 0 Å². The van der Waals surface area contributed by atoms with Gasteiger partial charge in [0.2, 0.25) is 0 Å². The van der Waals surface area contributed by atoms with Gasteiger partial charge < -0.3 is 10.6 Å². The number of rotatable bonds is 5. The minimum absolute atomic E-state index is 0.132. The zero-order valence-corrected chi connectivity index (χ0v) is 6.72. The molecule has 0 aromatic rings. The van der Waals surface area contributed by atoms with Gasteiger partial charge in [-0.25, -0.2) is 4.79 Å². The lowest BCUT2D eigenvalue weighted by molar-refractivity contribution is -0.146. The van der Waals surface area contributed by atoms with Crippen molar-refractivity contribution in [3.63, 3.8) is 0 Å². The number of hydrogen-bond donors (Lipinski definition) is 2. The van der Waals surface area contributed by atoms with Crippen LogP contribution in [0.25, 0.3) is 0 Å². The van der Waals surface area contributed by atoms with Gasteiger partial charge in [-0.05, 0) is 6.42 Å². The number of nitrogens with one attached hydrogen (secondary N) is 1. The predicted molar refractivity (Wildman–Crippen MR) is 42.6 cm³/mol. The van der Waals surface area contributed by atoms with Gasteiger partial charge in [0.25, 0.3) is 0 Å². The molecule has 64 valence electrons. The fourth-order valence-corrected chi connectivity index (χ4v) is 0.374. The fraction of sp³-hybridized carbons (Fsp3) is 0.571. The Morgan fingerprint density at radius 2 is 2.36 bits per heavy atom. The van der Waals surface area contributed by atoms with E-state index in [1.54, 1.807) is 0 Å². The zero-order chi connectivity index (χ0) is 8.69. The Balaban J connectivity index is 3.44. The predicted octanol–water partition coefficient (Wildman–Crippen LogP) is -0.0409. The van der Waals surface area contributed by atoms with E-state index in [4.69, 9.17) is 5.73 Å². The number of hydroxylamine groups is 1. The maximum Gasteiger partial charge on any atom is 0.353 e. The van der Waals surface area contributed by atoms with Crippen LogP contribution in [0.15, 0.2) is 12.2 Å². The molecule has 0 heterocycles. The largest absolute Gasteiger partial charge is 0.367 e. The molecule has 11 heavy (non-hydrogen) atoms. The van der Waals surface area contributed by atoms with Crippen molar-refractivity contribution in [2.75, 3.05) is 13.1 Å². The molecule has 0 aromatic carbocycles. The summed E-state index contributed by atoms with van der Waals surface area (Å²) in [6.45, 7) is 6.16. The van der Waals surface area contributed by atoms with E-state index in [9.17, 15) is 4.79 Å². The minimum Gasteiger partial charge on any atom is -0.367 e. The van der Waals surface area contributed by atoms with Gasteiger partial charge in [-0.15, -0.1) is 0 Å². The van der Waals surface area contributed by atoms with Gasteiger partial charge in [0.05, 0.1) is 0 Å². The van der Waals surface area contributed by atoms with Crippen LogP contribution in [0.3, 0.4) is 0 Å². The lowest BCUT2D eigenvalue weighted by atomic mass is 10.3. The molecule has 0 aromatic heterocycles. The molecule has 0 spiro atoms. The SMILES string of the molecule is C=C(CN)C(=O)ONCCC. The summed E-state index contributed by atoms with van der Waals surface area (Å²) in [5.74, 6) is -0.485. The summed E-state index contributed by atoms with van der Waals surface area (Å²) < 4.78 is 0. The minimum atomic E-state index is -0.485. The van der Waals surface area contributed by atoms with E-state index in [1.165, 1.54) is 0 Å². The third-order valence-electron chi connectivity index (χ3n) is 1.05. The van der Waals surface area contributed by atoms with Crippen molar-refractivity contribution in [1.29, 1.82) is 0 Å². The van der Waals surface area contributed by atoms with Gasteiger partial charge in [-0.3, -0.25) is 0 Å². The van der Waals surface area contributed by atoms with E-state index in [-0.39, 0.29) is 12.1 Å². The number of hydrogen-bond acceptors (Lipinski definition) is 4. The van der Waals surface area contributed by atoms with Gasteiger partial charge >= 0.3 is 5.97 Å². The van der Waals surface area contributed by atoms with Crippen LogP contribution >= 0.6 is 0 Å². The summed E-state index contributed by atoms with van der Waals surface area (Å²) in [6.07, 6.45) is 0.905. The standard InChI is InChI=1S/C7H14N2O2/c1-3-4-9-11-7(10)6(2)5-8/h9H,2-5,8H2,1H3. The van der Waals surface area contributed by atoms with Crippen LogP contribution in [0.5, 0.6) is 0 Å². The van der Waals surface area contributed by atoms with E-state index < -0.39 is 5.97 Å². The first-order valence-electron chi connectivity index (χ1n) is 3.54. The lowest BCUT2D eigenvalue weighted by Crippen LogP contribution is -2.24. The zero-order valence-electron chi connectivity index (χ0n) is 6.72. The highest BCUT2D eigenvalue weighted by Gasteiger charge is 2.04. The molecule has 4 heteroatoms. The molecule has 0 aliphatic heterocycles. The summed E-state index contributed by atoms with van der Waals surface area (Å²) in [5, 5.41) is 0. The molecule has 0 bridgehead atoms. The van der Waals surface area contributed by atoms with Crippen LogP contribution in [0, 0.1) is 0 Å². The van der Waals surface area contributed by atoms with Crippen molar-refractivity contribution in [3.05, 3.63) is 12.2 Å². The Hall–Kier alpha value is -0.870. The first-order chi connectivity index (χ1) is 5.22. The number of nitrogens with two attached hydrogens (primary N) is 1. The van der Waals surface area contributed by atoms with Crippen molar-refractivity contribution in [2.45, 2.75) is 13.3 Å². The van der Waals surface area contributed by atoms with Crippen LogP contribution in [-0.4, -0.2) is 19.1 Å². The average molecular weight is 158 g/mol. The molecular weight excluding hydrogens is 144 g/mol. The molecule has 0 atom stereocenters.